The molecule has 1 N–H and O–H groups in total. The summed E-state index contributed by atoms with van der Waals surface area (Å²) in [7, 11) is -3.06. The maximum Gasteiger partial charge on any atom is 0.256 e. The van der Waals surface area contributed by atoms with Gasteiger partial charge in [-0.2, -0.15) is 5.10 Å². The molecule has 2 aromatic heterocycles. The van der Waals surface area contributed by atoms with Gasteiger partial charge in [0.1, 0.15) is 0 Å². The first kappa shape index (κ1) is 20.8. The third-order valence-corrected chi connectivity index (χ3v) is 9.05. The molecule has 1 amide bonds. The molecule has 2 fully saturated rings. The highest BCUT2D eigenvalue weighted by Gasteiger charge is 2.34. The monoisotopic (exact) mass is 464 g/mol. The fourth-order valence-electron chi connectivity index (χ4n) is 5.41. The van der Waals surface area contributed by atoms with Crippen molar-refractivity contribution in [3.05, 3.63) is 52.3 Å². The molecule has 0 radical (unpaired) electrons. The molecule has 1 aliphatic heterocycles. The Bertz CT molecular complexity index is 1390. The average molecular weight is 465 g/mol. The van der Waals surface area contributed by atoms with Crippen LogP contribution < -0.4 is 5.32 Å². The lowest BCUT2D eigenvalue weighted by atomic mass is 9.90. The third-order valence-electron chi connectivity index (χ3n) is 7.30. The molecule has 6 rings (SSSR count). The lowest BCUT2D eigenvalue weighted by Gasteiger charge is -2.20. The van der Waals surface area contributed by atoms with Crippen LogP contribution in [0.2, 0.25) is 0 Å². The Balaban J connectivity index is 1.44. The normalized spacial score (nSPS) is 21.8. The largest absolute Gasteiger partial charge is 0.322 e. The van der Waals surface area contributed by atoms with Gasteiger partial charge in [0.2, 0.25) is 0 Å². The molecule has 1 saturated heterocycles. The molecule has 7 nitrogen and oxygen atoms in total. The molecular weight excluding hydrogens is 436 g/mol. The summed E-state index contributed by atoms with van der Waals surface area (Å²) in [4.78, 5) is 18.5. The van der Waals surface area contributed by atoms with Gasteiger partial charge in [-0.25, -0.2) is 18.1 Å². The number of hydrogen-bond donors (Lipinski definition) is 1. The van der Waals surface area contributed by atoms with Crippen LogP contribution in [0.5, 0.6) is 0 Å². The number of rotatable bonds is 4. The summed E-state index contributed by atoms with van der Waals surface area (Å²) in [6.07, 6.45) is 7.04. The van der Waals surface area contributed by atoms with Crippen LogP contribution in [0.3, 0.4) is 0 Å². The predicted molar refractivity (Wildman–Crippen MR) is 128 cm³/mol. The van der Waals surface area contributed by atoms with E-state index in [0.29, 0.717) is 29.2 Å². The van der Waals surface area contributed by atoms with Crippen molar-refractivity contribution >= 4 is 32.5 Å². The van der Waals surface area contributed by atoms with Crippen LogP contribution in [0.4, 0.5) is 5.69 Å². The van der Waals surface area contributed by atoms with Gasteiger partial charge >= 0.3 is 0 Å². The van der Waals surface area contributed by atoms with E-state index in [2.05, 4.69) is 16.5 Å². The van der Waals surface area contributed by atoms with Crippen molar-refractivity contribution in [2.45, 2.75) is 63.8 Å². The molecule has 0 bridgehead atoms. The summed E-state index contributed by atoms with van der Waals surface area (Å²) in [6, 6.07) is 7.85. The first-order valence-corrected chi connectivity index (χ1v) is 13.7. The van der Waals surface area contributed by atoms with Crippen LogP contribution in [-0.2, 0) is 22.7 Å². The van der Waals surface area contributed by atoms with E-state index in [9.17, 15) is 13.2 Å². The molecule has 3 aliphatic rings. The highest BCUT2D eigenvalue weighted by molar-refractivity contribution is 7.91. The molecule has 33 heavy (non-hydrogen) atoms. The number of anilines is 1. The fraction of sp³-hybridized carbons (Fsp3) is 0.480. The van der Waals surface area contributed by atoms with E-state index in [0.717, 1.165) is 48.9 Å². The van der Waals surface area contributed by atoms with Crippen molar-refractivity contribution in [1.82, 2.24) is 14.8 Å². The minimum Gasteiger partial charge on any atom is -0.322 e. The zero-order valence-electron chi connectivity index (χ0n) is 18.8. The van der Waals surface area contributed by atoms with Crippen molar-refractivity contribution in [1.29, 1.82) is 0 Å². The highest BCUT2D eigenvalue weighted by Crippen LogP contribution is 2.41. The maximum atomic E-state index is 13.6. The molecule has 1 aromatic carbocycles. The maximum absolute atomic E-state index is 13.6. The second-order valence-electron chi connectivity index (χ2n) is 9.76. The van der Waals surface area contributed by atoms with Gasteiger partial charge in [0, 0.05) is 17.3 Å². The molecule has 8 heteroatoms. The Morgan fingerprint density at radius 1 is 1.15 bits per heavy atom. The quantitative estimate of drug-likeness (QED) is 0.627. The Labute approximate surface area is 193 Å². The number of nitrogens with one attached hydrogen (secondary N) is 1. The summed E-state index contributed by atoms with van der Waals surface area (Å²) in [5, 5.41) is 8.60. The van der Waals surface area contributed by atoms with Gasteiger partial charge in [0.05, 0.1) is 34.2 Å². The van der Waals surface area contributed by atoms with Crippen LogP contribution >= 0.6 is 0 Å². The first-order chi connectivity index (χ1) is 15.9. The van der Waals surface area contributed by atoms with E-state index in [1.807, 2.05) is 25.1 Å². The molecule has 2 aliphatic carbocycles. The number of aromatic nitrogens is 3. The Hall–Kier alpha value is -2.74. The van der Waals surface area contributed by atoms with Gasteiger partial charge in [0.25, 0.3) is 5.91 Å². The molecule has 1 saturated carbocycles. The van der Waals surface area contributed by atoms with E-state index in [4.69, 9.17) is 4.98 Å². The SMILES string of the molecule is Cc1nn(C2CCS(=O)(=O)C2)c2nc(C3CC3)cc(C(=O)Nc3cccc4c3CCCC4)c12. The number of pyridine rings is 1. The number of sulfone groups is 1. The lowest BCUT2D eigenvalue weighted by Crippen LogP contribution is -2.17. The number of nitrogens with zero attached hydrogens (tertiary/aromatic N) is 3. The van der Waals surface area contributed by atoms with Gasteiger partial charge < -0.3 is 5.32 Å². The van der Waals surface area contributed by atoms with Crippen molar-refractivity contribution in [2.24, 2.45) is 0 Å². The molecule has 0 spiro atoms. The van der Waals surface area contributed by atoms with Gasteiger partial charge in [-0.1, -0.05) is 12.1 Å². The number of benzene rings is 1. The van der Waals surface area contributed by atoms with E-state index in [-0.39, 0.29) is 23.5 Å². The average Bonchev–Trinajstić information content (AvgIpc) is 3.52. The van der Waals surface area contributed by atoms with Crippen LogP contribution in [0.25, 0.3) is 11.0 Å². The Morgan fingerprint density at radius 2 is 1.97 bits per heavy atom. The summed E-state index contributed by atoms with van der Waals surface area (Å²) < 4.78 is 26.0. The molecule has 3 heterocycles. The number of hydrogen-bond acceptors (Lipinski definition) is 5. The Kier molecular flexibility index (Phi) is 4.83. The van der Waals surface area contributed by atoms with Gasteiger partial charge in [0.15, 0.2) is 15.5 Å². The second kappa shape index (κ2) is 7.65. The van der Waals surface area contributed by atoms with E-state index in [1.165, 1.54) is 17.5 Å². The van der Waals surface area contributed by atoms with E-state index < -0.39 is 9.84 Å². The van der Waals surface area contributed by atoms with Crippen molar-refractivity contribution in [2.75, 3.05) is 16.8 Å². The van der Waals surface area contributed by atoms with Gasteiger partial charge in [-0.05, 0) is 75.1 Å². The smallest absolute Gasteiger partial charge is 0.256 e. The zero-order chi connectivity index (χ0) is 22.7. The summed E-state index contributed by atoms with van der Waals surface area (Å²) >= 11 is 0. The van der Waals surface area contributed by atoms with Crippen molar-refractivity contribution < 1.29 is 13.2 Å². The first-order valence-electron chi connectivity index (χ1n) is 11.9. The highest BCUT2D eigenvalue weighted by atomic mass is 32.2. The predicted octanol–water partition coefficient (Wildman–Crippen LogP) is 4.11. The number of carbonyl (C=O) groups excluding carboxylic acids is 1. The third kappa shape index (κ3) is 3.74. The Morgan fingerprint density at radius 3 is 2.73 bits per heavy atom. The lowest BCUT2D eigenvalue weighted by molar-refractivity contribution is 0.102. The van der Waals surface area contributed by atoms with Crippen LogP contribution in [0.1, 0.15) is 76.9 Å². The zero-order valence-corrected chi connectivity index (χ0v) is 19.6. The van der Waals surface area contributed by atoms with Crippen molar-refractivity contribution in [3.63, 3.8) is 0 Å². The standard InChI is InChI=1S/C25H28N4O3S/c1-15-23-20(25(30)27-21-8-4-6-16-5-2-3-7-19(16)21)13-22(17-9-10-17)26-24(23)29(28-15)18-11-12-33(31,32)14-18/h4,6,8,13,17-18H,2-3,5,7,9-12,14H2,1H3,(H,27,30). The minimum atomic E-state index is -3.06. The second-order valence-corrected chi connectivity index (χ2v) is 12.0. The van der Waals surface area contributed by atoms with Crippen molar-refractivity contribution in [3.8, 4) is 0 Å². The van der Waals surface area contributed by atoms with Crippen LogP contribution in [0.15, 0.2) is 24.3 Å². The molecule has 3 aromatic rings. The van der Waals surface area contributed by atoms with Crippen LogP contribution in [0, 0.1) is 6.92 Å². The molecule has 1 unspecified atom stereocenters. The minimum absolute atomic E-state index is 0.0796. The molecular formula is C25H28N4O3S. The molecule has 172 valence electrons. The number of aryl methyl sites for hydroxylation is 2. The van der Waals surface area contributed by atoms with E-state index in [1.54, 1.807) is 4.68 Å². The summed E-state index contributed by atoms with van der Waals surface area (Å²) in [5.41, 5.74) is 6.30. The topological polar surface area (TPSA) is 93.9 Å². The van der Waals surface area contributed by atoms with Gasteiger partial charge in [-0.15, -0.1) is 0 Å². The number of amides is 1. The number of fused-ring (bicyclic) bond motifs is 2. The summed E-state index contributed by atoms with van der Waals surface area (Å²) in [6.45, 7) is 1.88. The van der Waals surface area contributed by atoms with E-state index >= 15 is 0 Å². The van der Waals surface area contributed by atoms with Gasteiger partial charge in [-0.3, -0.25) is 4.79 Å². The fourth-order valence-corrected chi connectivity index (χ4v) is 7.10. The van der Waals surface area contributed by atoms with Crippen LogP contribution in [-0.4, -0.2) is 40.6 Å². The molecule has 1 atom stereocenters. The summed E-state index contributed by atoms with van der Waals surface area (Å²) in [5.74, 6) is 0.467. The number of carbonyl (C=O) groups is 1.